The molecule has 3 aromatic carbocycles. The van der Waals surface area contributed by atoms with Gasteiger partial charge in [0.15, 0.2) is 0 Å². The first-order valence-electron chi connectivity index (χ1n) is 12.4. The van der Waals surface area contributed by atoms with Crippen LogP contribution in [0.25, 0.3) is 17.3 Å². The van der Waals surface area contributed by atoms with E-state index in [4.69, 9.17) is 33.0 Å². The van der Waals surface area contributed by atoms with Crippen LogP contribution in [0.5, 0.6) is 5.88 Å². The van der Waals surface area contributed by atoms with Crippen molar-refractivity contribution >= 4 is 40.9 Å². The van der Waals surface area contributed by atoms with Crippen LogP contribution in [0.3, 0.4) is 0 Å². The van der Waals surface area contributed by atoms with Crippen LogP contribution < -0.4 is 10.1 Å². The van der Waals surface area contributed by atoms with Crippen LogP contribution >= 0.6 is 23.2 Å². The molecular weight excluding hydrogens is 505 g/mol. The highest BCUT2D eigenvalue weighted by atomic mass is 35.5. The summed E-state index contributed by atoms with van der Waals surface area (Å²) in [5, 5.41) is 8.96. The van der Waals surface area contributed by atoms with Gasteiger partial charge in [-0.05, 0) is 79.6 Å². The molecule has 1 aromatic heterocycles. The van der Waals surface area contributed by atoms with Crippen molar-refractivity contribution in [1.82, 2.24) is 15.1 Å². The number of amides is 1. The highest BCUT2D eigenvalue weighted by Gasteiger charge is 2.27. The maximum atomic E-state index is 12.9. The average molecular weight is 532 g/mol. The second kappa shape index (κ2) is 11.2. The van der Waals surface area contributed by atoms with E-state index in [0.29, 0.717) is 15.9 Å². The van der Waals surface area contributed by atoms with Crippen LogP contribution in [0.15, 0.2) is 78.9 Å². The first kappa shape index (κ1) is 25.1. The minimum Gasteiger partial charge on any atom is -0.389 e. The summed E-state index contributed by atoms with van der Waals surface area (Å²) in [5.74, 6) is 0.302. The first-order valence-corrected chi connectivity index (χ1v) is 13.1. The number of nitrogens with zero attached hydrogens (tertiary/aromatic N) is 2. The van der Waals surface area contributed by atoms with E-state index in [2.05, 4.69) is 11.4 Å². The SMILES string of the molecule is C[C@@H](NC(=O)Oc1nn(-c2ccccc2Cl)c2c1CCCC/C2=C\c1ccc(Cl)cc1)c1ccccc1. The van der Waals surface area contributed by atoms with Gasteiger partial charge in [0, 0.05) is 10.6 Å². The molecule has 7 heteroatoms. The fraction of sp³-hybridized carbons (Fsp3) is 0.200. The third kappa shape index (κ3) is 5.74. The monoisotopic (exact) mass is 531 g/mol. The lowest BCUT2D eigenvalue weighted by atomic mass is 10.0. The molecular formula is C30H27Cl2N3O2. The summed E-state index contributed by atoms with van der Waals surface area (Å²) < 4.78 is 7.66. The van der Waals surface area contributed by atoms with Gasteiger partial charge in [-0.2, -0.15) is 0 Å². The van der Waals surface area contributed by atoms with Crippen LogP contribution in [-0.4, -0.2) is 15.9 Å². The predicted octanol–water partition coefficient (Wildman–Crippen LogP) is 8.30. The molecule has 1 aliphatic rings. The molecule has 0 saturated carbocycles. The van der Waals surface area contributed by atoms with Gasteiger partial charge in [-0.3, -0.25) is 0 Å². The van der Waals surface area contributed by atoms with Gasteiger partial charge in [0.1, 0.15) is 0 Å². The molecule has 0 spiro atoms. The molecule has 5 nitrogen and oxygen atoms in total. The zero-order chi connectivity index (χ0) is 25.8. The van der Waals surface area contributed by atoms with Crippen molar-refractivity contribution in [2.45, 2.75) is 38.6 Å². The minimum atomic E-state index is -0.546. The standard InChI is InChI=1S/C30H27Cl2N3O2/c1-20(22-9-3-2-4-10-22)33-30(36)37-29-25-12-6-5-11-23(19-21-15-17-24(31)18-16-21)28(25)35(34-29)27-14-8-7-13-26(27)32/h2-4,7-10,13-20H,5-6,11-12H2,1H3,(H,33,36)/b23-19+/t20-/m1/s1. The number of halogens is 2. The number of fused-ring (bicyclic) bond motifs is 1. The summed E-state index contributed by atoms with van der Waals surface area (Å²) in [6.45, 7) is 1.92. The number of allylic oxidation sites excluding steroid dienone is 1. The van der Waals surface area contributed by atoms with Crippen molar-refractivity contribution in [1.29, 1.82) is 0 Å². The molecule has 188 valence electrons. The lowest BCUT2D eigenvalue weighted by molar-refractivity contribution is 0.194. The second-order valence-corrected chi connectivity index (χ2v) is 9.93. The number of para-hydroxylation sites is 1. The summed E-state index contributed by atoms with van der Waals surface area (Å²) in [5.41, 5.74) is 5.69. The zero-order valence-electron chi connectivity index (χ0n) is 20.5. The molecule has 0 saturated heterocycles. The Kier molecular flexibility index (Phi) is 7.63. The summed E-state index contributed by atoms with van der Waals surface area (Å²) >= 11 is 12.7. The number of nitrogens with one attached hydrogen (secondary N) is 1. The van der Waals surface area contributed by atoms with E-state index < -0.39 is 6.09 Å². The van der Waals surface area contributed by atoms with Crippen LogP contribution in [-0.2, 0) is 6.42 Å². The van der Waals surface area contributed by atoms with Gasteiger partial charge < -0.3 is 10.1 Å². The van der Waals surface area contributed by atoms with Gasteiger partial charge in [0.2, 0.25) is 5.88 Å². The van der Waals surface area contributed by atoms with E-state index >= 15 is 0 Å². The molecule has 4 aromatic rings. The molecule has 1 aliphatic carbocycles. The number of hydrogen-bond donors (Lipinski definition) is 1. The topological polar surface area (TPSA) is 56.1 Å². The maximum absolute atomic E-state index is 12.9. The van der Waals surface area contributed by atoms with Crippen molar-refractivity contribution < 1.29 is 9.53 Å². The summed E-state index contributed by atoms with van der Waals surface area (Å²) in [6.07, 6.45) is 5.18. The minimum absolute atomic E-state index is 0.210. The predicted molar refractivity (Wildman–Crippen MR) is 149 cm³/mol. The molecule has 0 aliphatic heterocycles. The maximum Gasteiger partial charge on any atom is 0.414 e. The van der Waals surface area contributed by atoms with Crippen molar-refractivity contribution in [3.05, 3.63) is 111 Å². The molecule has 1 heterocycles. The van der Waals surface area contributed by atoms with E-state index in [1.54, 1.807) is 0 Å². The largest absolute Gasteiger partial charge is 0.414 e. The molecule has 0 radical (unpaired) electrons. The van der Waals surface area contributed by atoms with Crippen molar-refractivity contribution in [3.8, 4) is 11.6 Å². The van der Waals surface area contributed by atoms with Crippen LogP contribution in [0.4, 0.5) is 4.79 Å². The molecule has 5 rings (SSSR count). The van der Waals surface area contributed by atoms with E-state index in [0.717, 1.165) is 59.3 Å². The Labute approximate surface area is 226 Å². The Hall–Kier alpha value is -3.54. The van der Waals surface area contributed by atoms with Crippen molar-refractivity contribution in [3.63, 3.8) is 0 Å². The fourth-order valence-corrected chi connectivity index (χ4v) is 4.96. The molecule has 1 N–H and O–H groups in total. The van der Waals surface area contributed by atoms with Gasteiger partial charge in [-0.1, -0.05) is 77.8 Å². The van der Waals surface area contributed by atoms with Crippen LogP contribution in [0.1, 0.15) is 54.6 Å². The van der Waals surface area contributed by atoms with E-state index in [1.165, 1.54) is 0 Å². The van der Waals surface area contributed by atoms with Crippen molar-refractivity contribution in [2.75, 3.05) is 0 Å². The van der Waals surface area contributed by atoms with Crippen LogP contribution in [0, 0.1) is 0 Å². The fourth-order valence-electron chi connectivity index (χ4n) is 4.62. The second-order valence-electron chi connectivity index (χ2n) is 9.09. The van der Waals surface area contributed by atoms with E-state index in [9.17, 15) is 4.79 Å². The van der Waals surface area contributed by atoms with Gasteiger partial charge in [0.25, 0.3) is 0 Å². The number of hydrogen-bond acceptors (Lipinski definition) is 3. The first-order chi connectivity index (χ1) is 18.0. The quantitative estimate of drug-likeness (QED) is 0.263. The van der Waals surface area contributed by atoms with Gasteiger partial charge in [-0.25, -0.2) is 9.48 Å². The van der Waals surface area contributed by atoms with E-state index in [1.807, 2.05) is 90.5 Å². The summed E-state index contributed by atoms with van der Waals surface area (Å²) in [7, 11) is 0. The van der Waals surface area contributed by atoms with Gasteiger partial charge in [0.05, 0.1) is 22.4 Å². The summed E-state index contributed by atoms with van der Waals surface area (Å²) in [4.78, 5) is 12.9. The smallest absolute Gasteiger partial charge is 0.389 e. The number of carbonyl (C=O) groups is 1. The van der Waals surface area contributed by atoms with Crippen LogP contribution in [0.2, 0.25) is 10.0 Å². The third-order valence-corrected chi connectivity index (χ3v) is 7.06. The average Bonchev–Trinajstić information content (AvgIpc) is 3.11. The number of aromatic nitrogens is 2. The summed E-state index contributed by atoms with van der Waals surface area (Å²) in [6, 6.07) is 24.9. The van der Waals surface area contributed by atoms with Gasteiger partial charge in [-0.15, -0.1) is 5.10 Å². The lowest BCUT2D eigenvalue weighted by Crippen LogP contribution is -2.29. The number of ether oxygens (including phenoxy) is 1. The Morgan fingerprint density at radius 3 is 2.43 bits per heavy atom. The van der Waals surface area contributed by atoms with Gasteiger partial charge >= 0.3 is 6.09 Å². The third-order valence-electron chi connectivity index (χ3n) is 6.49. The molecule has 37 heavy (non-hydrogen) atoms. The lowest BCUT2D eigenvalue weighted by Gasteiger charge is -2.13. The Morgan fingerprint density at radius 2 is 1.68 bits per heavy atom. The number of benzene rings is 3. The molecule has 1 amide bonds. The molecule has 1 atom stereocenters. The number of carbonyl (C=O) groups excluding carboxylic acids is 1. The molecule has 0 unspecified atom stereocenters. The Bertz CT molecular complexity index is 1430. The van der Waals surface area contributed by atoms with E-state index in [-0.39, 0.29) is 6.04 Å². The molecule has 0 bridgehead atoms. The molecule has 0 fully saturated rings. The zero-order valence-corrected chi connectivity index (χ0v) is 22.0. The number of rotatable bonds is 5. The highest BCUT2D eigenvalue weighted by molar-refractivity contribution is 6.32. The van der Waals surface area contributed by atoms with Crippen molar-refractivity contribution in [2.24, 2.45) is 0 Å². The highest BCUT2D eigenvalue weighted by Crippen LogP contribution is 2.39. The Morgan fingerprint density at radius 1 is 0.973 bits per heavy atom. The normalized spacial score (nSPS) is 15.1. The Balaban J connectivity index is 1.55.